The molecule has 0 aromatic rings. The number of cyclic esters (lactones) is 2. The van der Waals surface area contributed by atoms with E-state index in [1.54, 1.807) is 0 Å². The molecule has 8 nitrogen and oxygen atoms in total. The van der Waals surface area contributed by atoms with Crippen molar-refractivity contribution < 1.29 is 28.7 Å². The van der Waals surface area contributed by atoms with Crippen LogP contribution in [-0.2, 0) is 28.7 Å². The lowest BCUT2D eigenvalue weighted by Crippen LogP contribution is -2.37. The highest BCUT2D eigenvalue weighted by Gasteiger charge is 2.28. The van der Waals surface area contributed by atoms with Crippen molar-refractivity contribution >= 4 is 23.8 Å². The molecular formula is C18H28N2O6. The van der Waals surface area contributed by atoms with Crippen LogP contribution in [0.5, 0.6) is 0 Å². The van der Waals surface area contributed by atoms with Crippen LogP contribution < -0.4 is 10.6 Å². The number of rotatable bonds is 11. The summed E-state index contributed by atoms with van der Waals surface area (Å²) >= 11 is 0. The Morgan fingerprint density at radius 2 is 1.12 bits per heavy atom. The van der Waals surface area contributed by atoms with Crippen LogP contribution in [0.15, 0.2) is 0 Å². The van der Waals surface area contributed by atoms with E-state index in [2.05, 4.69) is 10.6 Å². The molecule has 0 spiro atoms. The number of hydrogen-bond acceptors (Lipinski definition) is 6. The molecule has 2 aliphatic rings. The molecule has 2 rings (SSSR count). The largest absolute Gasteiger partial charge is 0.464 e. The number of nitrogens with one attached hydrogen (secondary N) is 2. The zero-order chi connectivity index (χ0) is 18.8. The molecule has 2 atom stereocenters. The zero-order valence-corrected chi connectivity index (χ0v) is 15.1. The van der Waals surface area contributed by atoms with Crippen LogP contribution in [-0.4, -0.2) is 49.1 Å². The van der Waals surface area contributed by atoms with Crippen LogP contribution in [0.25, 0.3) is 0 Å². The lowest BCUT2D eigenvalue weighted by molar-refractivity contribution is -0.141. The van der Waals surface area contributed by atoms with Crippen molar-refractivity contribution in [3.8, 4) is 0 Å². The van der Waals surface area contributed by atoms with Gasteiger partial charge in [0.15, 0.2) is 0 Å². The smallest absolute Gasteiger partial charge is 0.328 e. The number of amides is 2. The summed E-state index contributed by atoms with van der Waals surface area (Å²) in [5.41, 5.74) is 0. The van der Waals surface area contributed by atoms with E-state index in [0.29, 0.717) is 38.9 Å². The van der Waals surface area contributed by atoms with Crippen LogP contribution in [0.1, 0.15) is 64.2 Å². The Labute approximate surface area is 153 Å². The van der Waals surface area contributed by atoms with Crippen LogP contribution in [0.4, 0.5) is 0 Å². The monoisotopic (exact) mass is 368 g/mol. The number of unbranched alkanes of at least 4 members (excludes halogenated alkanes) is 5. The molecule has 26 heavy (non-hydrogen) atoms. The van der Waals surface area contributed by atoms with Gasteiger partial charge in [0.2, 0.25) is 11.8 Å². The second kappa shape index (κ2) is 10.8. The van der Waals surface area contributed by atoms with E-state index in [9.17, 15) is 19.2 Å². The predicted molar refractivity (Wildman–Crippen MR) is 91.9 cm³/mol. The molecule has 0 radical (unpaired) electrons. The van der Waals surface area contributed by atoms with Gasteiger partial charge in [0.25, 0.3) is 0 Å². The summed E-state index contributed by atoms with van der Waals surface area (Å²) < 4.78 is 9.60. The van der Waals surface area contributed by atoms with Gasteiger partial charge < -0.3 is 20.1 Å². The first kappa shape index (κ1) is 20.2. The Morgan fingerprint density at radius 1 is 0.731 bits per heavy atom. The molecule has 2 fully saturated rings. The molecule has 2 amide bonds. The van der Waals surface area contributed by atoms with Crippen LogP contribution >= 0.6 is 0 Å². The second-order valence-electron chi connectivity index (χ2n) is 6.77. The van der Waals surface area contributed by atoms with E-state index >= 15 is 0 Å². The maximum atomic E-state index is 11.7. The third-order valence-electron chi connectivity index (χ3n) is 4.60. The van der Waals surface area contributed by atoms with Crippen molar-refractivity contribution in [2.75, 3.05) is 13.2 Å². The van der Waals surface area contributed by atoms with Crippen molar-refractivity contribution in [1.29, 1.82) is 0 Å². The highest BCUT2D eigenvalue weighted by Crippen LogP contribution is 2.11. The van der Waals surface area contributed by atoms with Gasteiger partial charge in [-0.25, -0.2) is 9.59 Å². The van der Waals surface area contributed by atoms with E-state index in [1.165, 1.54) is 0 Å². The first-order valence-corrected chi connectivity index (χ1v) is 9.48. The van der Waals surface area contributed by atoms with E-state index < -0.39 is 12.1 Å². The van der Waals surface area contributed by atoms with E-state index in [-0.39, 0.29) is 23.8 Å². The molecule has 0 bridgehead atoms. The van der Waals surface area contributed by atoms with Gasteiger partial charge in [-0.2, -0.15) is 0 Å². The molecule has 2 N–H and O–H groups in total. The van der Waals surface area contributed by atoms with Crippen molar-refractivity contribution in [1.82, 2.24) is 10.6 Å². The van der Waals surface area contributed by atoms with Crippen LogP contribution in [0, 0.1) is 0 Å². The first-order chi connectivity index (χ1) is 12.6. The summed E-state index contributed by atoms with van der Waals surface area (Å²) in [6.07, 6.45) is 7.44. The number of carbonyl (C=O) groups is 4. The highest BCUT2D eigenvalue weighted by atomic mass is 16.5. The Hall–Kier alpha value is -2.12. The molecule has 0 saturated carbocycles. The molecule has 0 aromatic heterocycles. The Kier molecular flexibility index (Phi) is 8.37. The average Bonchev–Trinajstić information content (AvgIpc) is 3.19. The minimum absolute atomic E-state index is 0.101. The number of ether oxygens (including phenoxy) is 2. The van der Waals surface area contributed by atoms with E-state index in [4.69, 9.17) is 9.47 Å². The van der Waals surface area contributed by atoms with Crippen molar-refractivity contribution in [2.45, 2.75) is 76.3 Å². The number of esters is 2. The van der Waals surface area contributed by atoms with Gasteiger partial charge in [-0.05, 0) is 12.8 Å². The predicted octanol–water partition coefficient (Wildman–Crippen LogP) is 0.971. The van der Waals surface area contributed by atoms with Gasteiger partial charge in [0.1, 0.15) is 12.1 Å². The highest BCUT2D eigenvalue weighted by molar-refractivity contribution is 5.85. The fourth-order valence-electron chi connectivity index (χ4n) is 3.07. The second-order valence-corrected chi connectivity index (χ2v) is 6.77. The molecule has 2 heterocycles. The minimum atomic E-state index is -0.472. The summed E-state index contributed by atoms with van der Waals surface area (Å²) in [5.74, 6) is -0.883. The Bertz CT molecular complexity index is 476. The summed E-state index contributed by atoms with van der Waals surface area (Å²) in [6, 6.07) is -0.945. The topological polar surface area (TPSA) is 111 Å². The van der Waals surface area contributed by atoms with Crippen LogP contribution in [0.2, 0.25) is 0 Å². The molecule has 0 aliphatic carbocycles. The third kappa shape index (κ3) is 7.01. The average molecular weight is 368 g/mol. The minimum Gasteiger partial charge on any atom is -0.464 e. The first-order valence-electron chi connectivity index (χ1n) is 9.48. The maximum absolute atomic E-state index is 11.7. The molecular weight excluding hydrogens is 340 g/mol. The van der Waals surface area contributed by atoms with Gasteiger partial charge >= 0.3 is 11.9 Å². The van der Waals surface area contributed by atoms with Gasteiger partial charge in [0, 0.05) is 25.7 Å². The van der Waals surface area contributed by atoms with Crippen molar-refractivity contribution in [3.63, 3.8) is 0 Å². The standard InChI is InChI=1S/C18H28N2O6/c21-15(19-13-9-11-25-17(13)23)7-5-3-1-2-4-6-8-16(22)20-14-10-12-26-18(14)24/h13-14H,1-12H2,(H,19,21)(H,20,22). The van der Waals surface area contributed by atoms with E-state index in [0.717, 1.165) is 38.5 Å². The Balaban J connectivity index is 1.39. The zero-order valence-electron chi connectivity index (χ0n) is 15.1. The van der Waals surface area contributed by atoms with Crippen molar-refractivity contribution in [3.05, 3.63) is 0 Å². The SMILES string of the molecule is O=C(CCCCCCCCC(=O)NC1CCOC1=O)NC1CCOC1=O. The molecule has 2 unspecified atom stereocenters. The van der Waals surface area contributed by atoms with Gasteiger partial charge in [-0.1, -0.05) is 25.7 Å². The molecule has 8 heteroatoms. The fraction of sp³-hybridized carbons (Fsp3) is 0.778. The van der Waals surface area contributed by atoms with Gasteiger partial charge in [-0.3, -0.25) is 9.59 Å². The van der Waals surface area contributed by atoms with Gasteiger partial charge in [-0.15, -0.1) is 0 Å². The summed E-state index contributed by atoms with van der Waals surface area (Å²) in [6.45, 7) is 0.763. The quantitative estimate of drug-likeness (QED) is 0.415. The Morgan fingerprint density at radius 3 is 1.46 bits per heavy atom. The van der Waals surface area contributed by atoms with Crippen molar-refractivity contribution in [2.24, 2.45) is 0 Å². The third-order valence-corrected chi connectivity index (χ3v) is 4.60. The molecule has 2 aliphatic heterocycles. The summed E-state index contributed by atoms with van der Waals surface area (Å²) in [7, 11) is 0. The lowest BCUT2D eigenvalue weighted by atomic mass is 10.1. The fourth-order valence-corrected chi connectivity index (χ4v) is 3.07. The van der Waals surface area contributed by atoms with Crippen LogP contribution in [0.3, 0.4) is 0 Å². The lowest BCUT2D eigenvalue weighted by Gasteiger charge is -2.09. The van der Waals surface area contributed by atoms with Gasteiger partial charge in [0.05, 0.1) is 13.2 Å². The molecule has 0 aromatic carbocycles. The summed E-state index contributed by atoms with van der Waals surface area (Å²) in [4.78, 5) is 46.0. The number of hydrogen-bond donors (Lipinski definition) is 2. The molecule has 146 valence electrons. The number of carbonyl (C=O) groups excluding carboxylic acids is 4. The van der Waals surface area contributed by atoms with E-state index in [1.807, 2.05) is 0 Å². The maximum Gasteiger partial charge on any atom is 0.328 e. The molecule has 2 saturated heterocycles. The summed E-state index contributed by atoms with van der Waals surface area (Å²) in [5, 5.41) is 5.39. The normalized spacial score (nSPS) is 22.0.